The highest BCUT2D eigenvalue weighted by atomic mass is 16.2. The van der Waals surface area contributed by atoms with E-state index in [4.69, 9.17) is 4.98 Å². The molecule has 12 nitrogen and oxygen atoms in total. The normalized spacial score (nSPS) is 25.8. The second-order valence-electron chi connectivity index (χ2n) is 9.92. The second kappa shape index (κ2) is 8.82. The average molecular weight is 480 g/mol. The minimum absolute atomic E-state index is 0.150. The molecule has 1 aliphatic heterocycles. The molecule has 4 amide bonds. The minimum Gasteiger partial charge on any atom is -0.353 e. The molecule has 0 unspecified atom stereocenters. The Hall–Kier alpha value is -3.70. The molecule has 2 aromatic heterocycles. The Morgan fingerprint density at radius 3 is 2.31 bits per heavy atom. The number of nitrogens with one attached hydrogen (secondary N) is 5. The zero-order valence-electron chi connectivity index (χ0n) is 19.3. The predicted octanol–water partition coefficient (Wildman–Crippen LogP) is 1.52. The van der Waals surface area contributed by atoms with Crippen LogP contribution in [0.15, 0.2) is 11.9 Å². The van der Waals surface area contributed by atoms with Crippen LogP contribution in [-0.2, 0) is 9.59 Å². The smallest absolute Gasteiger partial charge is 0.326 e. The summed E-state index contributed by atoms with van der Waals surface area (Å²) in [6.07, 6.45) is 12.2. The van der Waals surface area contributed by atoms with Gasteiger partial charge in [0, 0.05) is 29.6 Å². The van der Waals surface area contributed by atoms with Crippen LogP contribution in [0.4, 0.5) is 16.7 Å². The van der Waals surface area contributed by atoms with Crippen LogP contribution in [0.25, 0.3) is 11.7 Å². The highest BCUT2D eigenvalue weighted by molar-refractivity contribution is 6.14. The second-order valence-corrected chi connectivity index (χ2v) is 9.92. The topological polar surface area (TPSA) is 154 Å². The number of amides is 4. The van der Waals surface area contributed by atoms with Crippen LogP contribution in [0.5, 0.6) is 0 Å². The summed E-state index contributed by atoms with van der Waals surface area (Å²) in [7, 11) is 0. The number of imide groups is 1. The first-order valence-electron chi connectivity index (χ1n) is 12.4. The van der Waals surface area contributed by atoms with Gasteiger partial charge >= 0.3 is 6.03 Å². The average Bonchev–Trinajstić information content (AvgIpc) is 3.42. The van der Waals surface area contributed by atoms with Crippen LogP contribution < -0.4 is 26.6 Å². The fourth-order valence-electron chi connectivity index (χ4n) is 4.76. The maximum atomic E-state index is 12.3. The summed E-state index contributed by atoms with van der Waals surface area (Å²) in [5, 5.41) is 19.2. The number of nitrogens with zero attached hydrogens (tertiary/aromatic N) is 4. The Morgan fingerprint density at radius 2 is 1.66 bits per heavy atom. The van der Waals surface area contributed by atoms with Gasteiger partial charge in [-0.2, -0.15) is 19.6 Å². The van der Waals surface area contributed by atoms with Gasteiger partial charge in [0.25, 0.3) is 5.91 Å². The third-order valence-corrected chi connectivity index (χ3v) is 7.21. The molecular weight excluding hydrogens is 450 g/mol. The molecule has 3 aliphatic carbocycles. The lowest BCUT2D eigenvalue weighted by atomic mass is 9.84. The number of carbonyl (C=O) groups excluding carboxylic acids is 3. The van der Waals surface area contributed by atoms with Gasteiger partial charge in [-0.3, -0.25) is 14.9 Å². The van der Waals surface area contributed by atoms with E-state index in [1.165, 1.54) is 0 Å². The van der Waals surface area contributed by atoms with E-state index in [-0.39, 0.29) is 29.6 Å². The molecule has 0 aromatic carbocycles. The van der Waals surface area contributed by atoms with Gasteiger partial charge in [-0.15, -0.1) is 0 Å². The summed E-state index contributed by atoms with van der Waals surface area (Å²) in [5.74, 6) is 1.02. The summed E-state index contributed by atoms with van der Waals surface area (Å²) >= 11 is 0. The van der Waals surface area contributed by atoms with Crippen LogP contribution in [0.1, 0.15) is 63.4 Å². The van der Waals surface area contributed by atoms with Crippen LogP contribution in [0.3, 0.4) is 0 Å². The maximum Gasteiger partial charge on any atom is 0.326 e. The number of anilines is 2. The van der Waals surface area contributed by atoms with Crippen LogP contribution in [0.2, 0.25) is 0 Å². The Morgan fingerprint density at radius 1 is 0.943 bits per heavy atom. The van der Waals surface area contributed by atoms with Crippen molar-refractivity contribution in [3.8, 4) is 0 Å². The number of hydrogen-bond acceptors (Lipinski definition) is 8. The number of hydrogen-bond donors (Lipinski definition) is 5. The molecule has 0 bridgehead atoms. The predicted molar refractivity (Wildman–Crippen MR) is 127 cm³/mol. The molecule has 1 saturated heterocycles. The van der Waals surface area contributed by atoms with Crippen LogP contribution >= 0.6 is 0 Å². The first-order valence-corrected chi connectivity index (χ1v) is 12.4. The Kier molecular flexibility index (Phi) is 5.50. The van der Waals surface area contributed by atoms with E-state index in [1.54, 1.807) is 16.8 Å². The first kappa shape index (κ1) is 21.8. The molecule has 4 fully saturated rings. The highest BCUT2D eigenvalue weighted by Gasteiger charge is 2.30. The molecule has 3 heterocycles. The SMILES string of the molecule is O=C1NC(=O)/C(=C/c2cnn3c(NC4CC4)nc(N[C@H]4CC[C@H](NC(=O)C5CCC5)CC4)nc23)N1. The third-order valence-electron chi connectivity index (χ3n) is 7.21. The zero-order valence-corrected chi connectivity index (χ0v) is 19.3. The zero-order chi connectivity index (χ0) is 23.9. The van der Waals surface area contributed by atoms with E-state index < -0.39 is 11.9 Å². The molecule has 4 aliphatic rings. The van der Waals surface area contributed by atoms with Gasteiger partial charge in [0.15, 0.2) is 5.65 Å². The van der Waals surface area contributed by atoms with Crippen molar-refractivity contribution in [1.29, 1.82) is 0 Å². The molecule has 35 heavy (non-hydrogen) atoms. The lowest BCUT2D eigenvalue weighted by Gasteiger charge is -2.32. The van der Waals surface area contributed by atoms with Crippen molar-refractivity contribution in [1.82, 2.24) is 35.5 Å². The van der Waals surface area contributed by atoms with Crippen molar-refractivity contribution in [2.24, 2.45) is 5.92 Å². The molecule has 6 rings (SSSR count). The van der Waals surface area contributed by atoms with E-state index >= 15 is 0 Å². The number of urea groups is 1. The summed E-state index contributed by atoms with van der Waals surface area (Å²) in [4.78, 5) is 45.1. The van der Waals surface area contributed by atoms with E-state index in [2.05, 4.69) is 36.7 Å². The van der Waals surface area contributed by atoms with Gasteiger partial charge in [0.1, 0.15) is 5.70 Å². The van der Waals surface area contributed by atoms with Crippen molar-refractivity contribution in [3.05, 3.63) is 17.5 Å². The fourth-order valence-corrected chi connectivity index (χ4v) is 4.76. The van der Waals surface area contributed by atoms with Crippen LogP contribution in [0, 0.1) is 5.92 Å². The van der Waals surface area contributed by atoms with Gasteiger partial charge in [-0.05, 0) is 57.4 Å². The van der Waals surface area contributed by atoms with E-state index in [9.17, 15) is 14.4 Å². The Balaban J connectivity index is 1.18. The fraction of sp³-hybridized carbons (Fsp3) is 0.565. The van der Waals surface area contributed by atoms with Crippen molar-refractivity contribution < 1.29 is 14.4 Å². The summed E-state index contributed by atoms with van der Waals surface area (Å²) < 4.78 is 1.62. The standard InChI is InChI=1S/C23H29N9O3/c33-19(12-2-1-3-12)25-14-4-6-15(7-5-14)26-21-29-18-13(10-17-20(34)30-23(35)28-17)11-24-32(18)22(31-21)27-16-8-9-16/h10-12,14-16H,1-9H2,(H,25,33)(H2,26,27,29,31)(H2,28,30,34,35)/b17-10-/t14-,15-. The van der Waals surface area contributed by atoms with Gasteiger partial charge in [0.05, 0.1) is 6.20 Å². The molecule has 2 aromatic rings. The van der Waals surface area contributed by atoms with E-state index in [0.29, 0.717) is 29.1 Å². The molecule has 12 heteroatoms. The summed E-state index contributed by atoms with van der Waals surface area (Å²) in [6, 6.07) is 0.247. The quantitative estimate of drug-likeness (QED) is 0.296. The van der Waals surface area contributed by atoms with E-state index in [1.807, 2.05) is 0 Å². The summed E-state index contributed by atoms with van der Waals surface area (Å²) in [6.45, 7) is 0. The largest absolute Gasteiger partial charge is 0.353 e. The van der Waals surface area contributed by atoms with Crippen molar-refractivity contribution in [2.75, 3.05) is 10.6 Å². The van der Waals surface area contributed by atoms with E-state index in [0.717, 1.165) is 57.8 Å². The molecule has 0 radical (unpaired) electrons. The molecule has 0 atom stereocenters. The van der Waals surface area contributed by atoms with Gasteiger partial charge in [-0.25, -0.2) is 4.79 Å². The first-order chi connectivity index (χ1) is 17.0. The number of rotatable bonds is 7. The molecule has 0 spiro atoms. The maximum absolute atomic E-state index is 12.3. The molecule has 3 saturated carbocycles. The highest BCUT2D eigenvalue weighted by Crippen LogP contribution is 2.29. The molecular formula is C23H29N9O3. The van der Waals surface area contributed by atoms with Crippen LogP contribution in [-0.4, -0.2) is 55.6 Å². The van der Waals surface area contributed by atoms with Gasteiger partial charge < -0.3 is 21.3 Å². The Labute approximate surface area is 201 Å². The van der Waals surface area contributed by atoms with Gasteiger partial charge in [0.2, 0.25) is 17.8 Å². The third kappa shape index (κ3) is 4.64. The number of carbonyl (C=O) groups is 3. The molecule has 5 N–H and O–H groups in total. The number of aromatic nitrogens is 4. The van der Waals surface area contributed by atoms with Crippen molar-refractivity contribution >= 4 is 41.5 Å². The van der Waals surface area contributed by atoms with Gasteiger partial charge in [-0.1, -0.05) is 6.42 Å². The monoisotopic (exact) mass is 479 g/mol. The van der Waals surface area contributed by atoms with Crippen molar-refractivity contribution in [3.63, 3.8) is 0 Å². The summed E-state index contributed by atoms with van der Waals surface area (Å²) in [5.41, 5.74) is 1.29. The Bertz CT molecular complexity index is 1210. The van der Waals surface area contributed by atoms with Crippen molar-refractivity contribution in [2.45, 2.75) is 75.9 Å². The number of fused-ring (bicyclic) bond motifs is 1. The minimum atomic E-state index is -0.551. The lowest BCUT2D eigenvalue weighted by Crippen LogP contribution is -2.44. The lowest BCUT2D eigenvalue weighted by molar-refractivity contribution is -0.128. The molecule has 184 valence electrons.